The van der Waals surface area contributed by atoms with Gasteiger partial charge in [0.05, 0.1) is 6.26 Å². The van der Waals surface area contributed by atoms with Crippen LogP contribution in [-0.4, -0.2) is 45.2 Å². The van der Waals surface area contributed by atoms with E-state index in [4.69, 9.17) is 0 Å². The lowest BCUT2D eigenvalue weighted by Gasteiger charge is -2.31. The summed E-state index contributed by atoms with van der Waals surface area (Å²) in [4.78, 5) is 0. The Bertz CT molecular complexity index is 316. The van der Waals surface area contributed by atoms with Gasteiger partial charge in [-0.25, -0.2) is 12.7 Å². The number of hydrogen-bond acceptors (Lipinski definition) is 3. The Labute approximate surface area is 106 Å². The van der Waals surface area contributed by atoms with Crippen LogP contribution in [0.3, 0.4) is 0 Å². The van der Waals surface area contributed by atoms with Crippen LogP contribution in [0.4, 0.5) is 0 Å². The van der Waals surface area contributed by atoms with Gasteiger partial charge in [-0.2, -0.15) is 0 Å². The molecule has 0 amide bonds. The van der Waals surface area contributed by atoms with Crippen LogP contribution < -0.4 is 5.32 Å². The fourth-order valence-corrected chi connectivity index (χ4v) is 3.12. The van der Waals surface area contributed by atoms with Crippen LogP contribution in [0.15, 0.2) is 0 Å². The Morgan fingerprint density at radius 1 is 1.47 bits per heavy atom. The lowest BCUT2D eigenvalue weighted by atomic mass is 9.99. The van der Waals surface area contributed by atoms with Gasteiger partial charge in [0.2, 0.25) is 10.0 Å². The van der Waals surface area contributed by atoms with Gasteiger partial charge in [0.15, 0.2) is 0 Å². The molecule has 0 aromatic rings. The molecule has 1 saturated heterocycles. The Morgan fingerprint density at radius 2 is 2.18 bits per heavy atom. The third-order valence-corrected chi connectivity index (χ3v) is 4.84. The summed E-state index contributed by atoms with van der Waals surface area (Å²) >= 11 is 0. The predicted molar refractivity (Wildman–Crippen MR) is 71.5 cm³/mol. The van der Waals surface area contributed by atoms with Crippen molar-refractivity contribution in [2.75, 3.05) is 32.4 Å². The van der Waals surface area contributed by atoms with Crippen LogP contribution in [0.2, 0.25) is 0 Å². The van der Waals surface area contributed by atoms with E-state index < -0.39 is 10.0 Å². The predicted octanol–water partition coefficient (Wildman–Crippen LogP) is 1.29. The SMILES string of the molecule is CCC(C)CNCC1CCCN(S(C)(=O)=O)C1. The van der Waals surface area contributed by atoms with E-state index in [0.717, 1.165) is 25.9 Å². The highest BCUT2D eigenvalue weighted by Gasteiger charge is 2.25. The van der Waals surface area contributed by atoms with Crippen molar-refractivity contribution in [1.82, 2.24) is 9.62 Å². The van der Waals surface area contributed by atoms with E-state index in [9.17, 15) is 8.42 Å². The molecule has 0 saturated carbocycles. The number of hydrogen-bond donors (Lipinski definition) is 1. The quantitative estimate of drug-likeness (QED) is 0.785. The Kier molecular flexibility index (Phi) is 5.89. The average Bonchev–Trinajstić information content (AvgIpc) is 2.28. The molecule has 17 heavy (non-hydrogen) atoms. The average molecular weight is 262 g/mol. The first-order chi connectivity index (χ1) is 7.93. The summed E-state index contributed by atoms with van der Waals surface area (Å²) in [5.74, 6) is 1.17. The van der Waals surface area contributed by atoms with Gasteiger partial charge in [0, 0.05) is 13.1 Å². The molecule has 1 fully saturated rings. The highest BCUT2D eigenvalue weighted by molar-refractivity contribution is 7.88. The fourth-order valence-electron chi connectivity index (χ4n) is 2.17. The molecule has 4 nitrogen and oxygen atoms in total. The van der Waals surface area contributed by atoms with E-state index in [2.05, 4.69) is 19.2 Å². The van der Waals surface area contributed by atoms with E-state index in [-0.39, 0.29) is 0 Å². The minimum atomic E-state index is -3.00. The van der Waals surface area contributed by atoms with E-state index in [1.807, 2.05) is 0 Å². The zero-order valence-corrected chi connectivity index (χ0v) is 12.1. The molecule has 0 aromatic carbocycles. The maximum absolute atomic E-state index is 11.5. The minimum absolute atomic E-state index is 0.475. The molecule has 0 aromatic heterocycles. The van der Waals surface area contributed by atoms with Crippen molar-refractivity contribution in [3.63, 3.8) is 0 Å². The molecule has 2 atom stereocenters. The van der Waals surface area contributed by atoms with Gasteiger partial charge in [-0.1, -0.05) is 20.3 Å². The van der Waals surface area contributed by atoms with Crippen molar-refractivity contribution in [3.05, 3.63) is 0 Å². The van der Waals surface area contributed by atoms with Gasteiger partial charge in [-0.15, -0.1) is 0 Å². The topological polar surface area (TPSA) is 49.4 Å². The summed E-state index contributed by atoms with van der Waals surface area (Å²) in [6, 6.07) is 0. The lowest BCUT2D eigenvalue weighted by molar-refractivity contribution is 0.258. The van der Waals surface area contributed by atoms with Gasteiger partial charge >= 0.3 is 0 Å². The molecule has 5 heteroatoms. The molecule has 1 rings (SSSR count). The smallest absolute Gasteiger partial charge is 0.211 e. The summed E-state index contributed by atoms with van der Waals surface area (Å²) in [7, 11) is -3.00. The van der Waals surface area contributed by atoms with Gasteiger partial charge in [0.1, 0.15) is 0 Å². The van der Waals surface area contributed by atoms with Crippen LogP contribution in [0.5, 0.6) is 0 Å². The Balaban J connectivity index is 2.30. The van der Waals surface area contributed by atoms with Crippen LogP contribution in [0, 0.1) is 11.8 Å². The molecule has 1 aliphatic heterocycles. The fraction of sp³-hybridized carbons (Fsp3) is 1.00. The molecule has 1 aliphatic rings. The number of rotatable bonds is 6. The second-order valence-electron chi connectivity index (χ2n) is 5.30. The molecule has 0 spiro atoms. The van der Waals surface area contributed by atoms with E-state index in [0.29, 0.717) is 24.9 Å². The summed E-state index contributed by atoms with van der Waals surface area (Å²) in [5, 5.41) is 3.46. The molecule has 0 bridgehead atoms. The van der Waals surface area contributed by atoms with Crippen LogP contribution >= 0.6 is 0 Å². The summed E-state index contributed by atoms with van der Waals surface area (Å²) in [5.41, 5.74) is 0. The highest BCUT2D eigenvalue weighted by Crippen LogP contribution is 2.17. The second kappa shape index (κ2) is 6.71. The summed E-state index contributed by atoms with van der Waals surface area (Å²) < 4.78 is 24.5. The third kappa shape index (κ3) is 5.36. The van der Waals surface area contributed by atoms with Gasteiger partial charge < -0.3 is 5.32 Å². The minimum Gasteiger partial charge on any atom is -0.316 e. The molecule has 102 valence electrons. The van der Waals surface area contributed by atoms with Crippen molar-refractivity contribution in [3.8, 4) is 0 Å². The molecule has 0 aliphatic carbocycles. The monoisotopic (exact) mass is 262 g/mol. The lowest BCUT2D eigenvalue weighted by Crippen LogP contribution is -2.42. The van der Waals surface area contributed by atoms with Crippen molar-refractivity contribution in [2.45, 2.75) is 33.1 Å². The van der Waals surface area contributed by atoms with E-state index in [1.165, 1.54) is 12.7 Å². The number of nitrogens with one attached hydrogen (secondary N) is 1. The van der Waals surface area contributed by atoms with Gasteiger partial charge in [-0.05, 0) is 37.8 Å². The van der Waals surface area contributed by atoms with E-state index >= 15 is 0 Å². The molecule has 2 unspecified atom stereocenters. The van der Waals surface area contributed by atoms with Crippen LogP contribution in [0.1, 0.15) is 33.1 Å². The van der Waals surface area contributed by atoms with Crippen molar-refractivity contribution in [2.24, 2.45) is 11.8 Å². The first-order valence-electron chi connectivity index (χ1n) is 6.59. The van der Waals surface area contributed by atoms with Crippen LogP contribution in [-0.2, 0) is 10.0 Å². The zero-order valence-electron chi connectivity index (χ0n) is 11.3. The molecule has 0 radical (unpaired) electrons. The Hall–Kier alpha value is -0.130. The van der Waals surface area contributed by atoms with Gasteiger partial charge in [-0.3, -0.25) is 0 Å². The number of nitrogens with zero attached hydrogens (tertiary/aromatic N) is 1. The third-order valence-electron chi connectivity index (χ3n) is 3.57. The summed E-state index contributed by atoms with van der Waals surface area (Å²) in [6.45, 7) is 7.78. The summed E-state index contributed by atoms with van der Waals surface area (Å²) in [6.07, 6.45) is 4.62. The van der Waals surface area contributed by atoms with Crippen molar-refractivity contribution in [1.29, 1.82) is 0 Å². The highest BCUT2D eigenvalue weighted by atomic mass is 32.2. The molecule has 1 heterocycles. The maximum Gasteiger partial charge on any atom is 0.211 e. The van der Waals surface area contributed by atoms with Gasteiger partial charge in [0.25, 0.3) is 0 Å². The largest absolute Gasteiger partial charge is 0.316 e. The zero-order chi connectivity index (χ0) is 12.9. The van der Waals surface area contributed by atoms with Crippen molar-refractivity contribution < 1.29 is 8.42 Å². The Morgan fingerprint density at radius 3 is 2.76 bits per heavy atom. The maximum atomic E-state index is 11.5. The first kappa shape index (κ1) is 14.9. The van der Waals surface area contributed by atoms with Crippen LogP contribution in [0.25, 0.3) is 0 Å². The molecular weight excluding hydrogens is 236 g/mol. The number of sulfonamides is 1. The molecular formula is C12H26N2O2S. The number of piperidine rings is 1. The van der Waals surface area contributed by atoms with Crippen molar-refractivity contribution >= 4 is 10.0 Å². The standard InChI is InChI=1S/C12H26N2O2S/c1-4-11(2)8-13-9-12-6-5-7-14(10-12)17(3,15)16/h11-13H,4-10H2,1-3H3. The first-order valence-corrected chi connectivity index (χ1v) is 8.44. The normalized spacial score (nSPS) is 24.8. The van der Waals surface area contributed by atoms with E-state index in [1.54, 1.807) is 4.31 Å². The molecule has 1 N–H and O–H groups in total. The second-order valence-corrected chi connectivity index (χ2v) is 7.28.